The van der Waals surface area contributed by atoms with Crippen molar-refractivity contribution >= 4 is 17.8 Å². The van der Waals surface area contributed by atoms with Gasteiger partial charge in [0.25, 0.3) is 5.91 Å². The number of nitrogens with zero attached hydrogens (tertiary/aromatic N) is 1. The summed E-state index contributed by atoms with van der Waals surface area (Å²) in [6.07, 6.45) is 0.864. The number of hydrogen-bond donors (Lipinski definition) is 1. The maximum absolute atomic E-state index is 12.4. The van der Waals surface area contributed by atoms with Gasteiger partial charge in [-0.2, -0.15) is 5.48 Å². The number of benzene rings is 1. The molecule has 0 heterocycles. The van der Waals surface area contributed by atoms with E-state index in [9.17, 15) is 14.4 Å². The van der Waals surface area contributed by atoms with Crippen LogP contribution in [0.15, 0.2) is 30.3 Å². The third-order valence-electron chi connectivity index (χ3n) is 3.56. The van der Waals surface area contributed by atoms with Gasteiger partial charge < -0.3 is 9.74 Å². The molecule has 1 atom stereocenters. The predicted octanol–water partition coefficient (Wildman–Crippen LogP) is 2.43. The fraction of sp³-hybridized carbons (Fsp3) is 0.500. The molecule has 1 rings (SSSR count). The van der Waals surface area contributed by atoms with Crippen LogP contribution in [0.25, 0.3) is 0 Å². The molecule has 0 aliphatic rings. The standard InChI is InChI=1S/C18H26N2O4/c1-5-9-16(22)24-19-18(23)17(13(2)3)20(14(4)21)12-15-10-7-6-8-11-15/h6-8,10-11,13,17H,5,9,12H2,1-4H3,(H,19,23). The first-order chi connectivity index (χ1) is 11.4. The maximum Gasteiger partial charge on any atom is 0.332 e. The van der Waals surface area contributed by atoms with Crippen molar-refractivity contribution in [2.45, 2.75) is 53.1 Å². The molecule has 0 radical (unpaired) electrons. The number of rotatable bonds is 7. The lowest BCUT2D eigenvalue weighted by Gasteiger charge is -2.32. The van der Waals surface area contributed by atoms with Crippen LogP contribution in [0.1, 0.15) is 46.1 Å². The molecule has 0 aliphatic carbocycles. The van der Waals surface area contributed by atoms with Gasteiger partial charge in [0.15, 0.2) is 0 Å². The number of carbonyl (C=O) groups is 3. The van der Waals surface area contributed by atoms with Gasteiger partial charge in [-0.05, 0) is 17.9 Å². The third kappa shape index (κ3) is 6.02. The molecular weight excluding hydrogens is 308 g/mol. The fourth-order valence-corrected chi connectivity index (χ4v) is 2.41. The van der Waals surface area contributed by atoms with Crippen molar-refractivity contribution in [3.05, 3.63) is 35.9 Å². The molecule has 0 spiro atoms. The van der Waals surface area contributed by atoms with E-state index in [0.717, 1.165) is 5.56 Å². The van der Waals surface area contributed by atoms with Gasteiger partial charge in [-0.25, -0.2) is 4.79 Å². The fourth-order valence-electron chi connectivity index (χ4n) is 2.41. The molecule has 1 N–H and O–H groups in total. The van der Waals surface area contributed by atoms with Crippen molar-refractivity contribution in [1.82, 2.24) is 10.4 Å². The zero-order chi connectivity index (χ0) is 18.1. The Morgan fingerprint density at radius 3 is 2.29 bits per heavy atom. The van der Waals surface area contributed by atoms with Crippen molar-refractivity contribution < 1.29 is 19.2 Å². The summed E-state index contributed by atoms with van der Waals surface area (Å²) in [5.41, 5.74) is 3.11. The van der Waals surface area contributed by atoms with Crippen molar-refractivity contribution in [2.24, 2.45) is 5.92 Å². The molecule has 0 fully saturated rings. The van der Waals surface area contributed by atoms with Gasteiger partial charge in [-0.3, -0.25) is 9.59 Å². The van der Waals surface area contributed by atoms with Crippen LogP contribution in [-0.4, -0.2) is 28.7 Å². The molecule has 24 heavy (non-hydrogen) atoms. The van der Waals surface area contributed by atoms with Gasteiger partial charge in [-0.1, -0.05) is 51.1 Å². The van der Waals surface area contributed by atoms with Crippen LogP contribution >= 0.6 is 0 Å². The highest BCUT2D eigenvalue weighted by Crippen LogP contribution is 2.16. The Morgan fingerprint density at radius 2 is 1.79 bits per heavy atom. The molecule has 2 amide bonds. The molecule has 1 aromatic rings. The Balaban J connectivity index is 2.86. The molecule has 1 unspecified atom stereocenters. The quantitative estimate of drug-likeness (QED) is 0.777. The molecule has 0 bridgehead atoms. The van der Waals surface area contributed by atoms with Crippen LogP contribution in [0, 0.1) is 5.92 Å². The summed E-state index contributed by atoms with van der Waals surface area (Å²) in [4.78, 5) is 42.2. The Morgan fingerprint density at radius 1 is 1.17 bits per heavy atom. The summed E-state index contributed by atoms with van der Waals surface area (Å²) in [5.74, 6) is -1.35. The average Bonchev–Trinajstić information content (AvgIpc) is 2.53. The number of nitrogens with one attached hydrogen (secondary N) is 1. The number of hydroxylamine groups is 1. The van der Waals surface area contributed by atoms with E-state index in [2.05, 4.69) is 5.48 Å². The third-order valence-corrected chi connectivity index (χ3v) is 3.56. The summed E-state index contributed by atoms with van der Waals surface area (Å²) >= 11 is 0. The lowest BCUT2D eigenvalue weighted by molar-refractivity contribution is -0.162. The molecule has 1 aromatic carbocycles. The molecule has 0 aliphatic heterocycles. The molecular formula is C18H26N2O4. The minimum Gasteiger partial charge on any atom is -0.341 e. The molecule has 132 valence electrons. The zero-order valence-electron chi connectivity index (χ0n) is 14.7. The molecule has 6 nitrogen and oxygen atoms in total. The summed E-state index contributed by atoms with van der Waals surface area (Å²) in [7, 11) is 0. The number of hydrogen-bond acceptors (Lipinski definition) is 4. The second-order valence-electron chi connectivity index (χ2n) is 6.01. The average molecular weight is 334 g/mol. The number of carbonyl (C=O) groups excluding carboxylic acids is 3. The first kappa shape index (κ1) is 19.7. The summed E-state index contributed by atoms with van der Waals surface area (Å²) in [6, 6.07) is 8.72. The van der Waals surface area contributed by atoms with E-state index in [-0.39, 0.29) is 18.2 Å². The largest absolute Gasteiger partial charge is 0.341 e. The number of amides is 2. The highest BCUT2D eigenvalue weighted by Gasteiger charge is 2.31. The van der Waals surface area contributed by atoms with Gasteiger partial charge in [0.1, 0.15) is 6.04 Å². The Kier molecular flexibility index (Phi) is 7.95. The molecule has 0 aromatic heterocycles. The van der Waals surface area contributed by atoms with E-state index in [4.69, 9.17) is 4.84 Å². The molecule has 0 saturated carbocycles. The minimum absolute atomic E-state index is 0.137. The van der Waals surface area contributed by atoms with Crippen LogP contribution in [0.2, 0.25) is 0 Å². The SMILES string of the molecule is CCCC(=O)ONC(=O)C(C(C)C)N(Cc1ccccc1)C(C)=O. The lowest BCUT2D eigenvalue weighted by atomic mass is 10.0. The first-order valence-corrected chi connectivity index (χ1v) is 8.17. The molecule has 6 heteroatoms. The van der Waals surface area contributed by atoms with Crippen molar-refractivity contribution in [3.63, 3.8) is 0 Å². The van der Waals surface area contributed by atoms with Gasteiger partial charge in [0.2, 0.25) is 5.91 Å². The van der Waals surface area contributed by atoms with Crippen molar-refractivity contribution in [3.8, 4) is 0 Å². The van der Waals surface area contributed by atoms with Gasteiger partial charge in [-0.15, -0.1) is 0 Å². The highest BCUT2D eigenvalue weighted by atomic mass is 16.7. The van der Waals surface area contributed by atoms with Crippen LogP contribution in [0.5, 0.6) is 0 Å². The summed E-state index contributed by atoms with van der Waals surface area (Å²) < 4.78 is 0. The van der Waals surface area contributed by atoms with Gasteiger partial charge in [0, 0.05) is 19.9 Å². The van der Waals surface area contributed by atoms with E-state index in [1.165, 1.54) is 11.8 Å². The second kappa shape index (κ2) is 9.70. The zero-order valence-corrected chi connectivity index (χ0v) is 14.7. The van der Waals surface area contributed by atoms with Gasteiger partial charge in [0.05, 0.1) is 0 Å². The van der Waals surface area contributed by atoms with E-state index >= 15 is 0 Å². The van der Waals surface area contributed by atoms with Crippen LogP contribution in [0.4, 0.5) is 0 Å². The topological polar surface area (TPSA) is 75.7 Å². The molecule has 0 saturated heterocycles. The van der Waals surface area contributed by atoms with Gasteiger partial charge >= 0.3 is 5.97 Å². The monoisotopic (exact) mass is 334 g/mol. The minimum atomic E-state index is -0.725. The predicted molar refractivity (Wildman–Crippen MR) is 90.4 cm³/mol. The lowest BCUT2D eigenvalue weighted by Crippen LogP contribution is -2.51. The first-order valence-electron chi connectivity index (χ1n) is 8.17. The van der Waals surface area contributed by atoms with E-state index < -0.39 is 17.9 Å². The van der Waals surface area contributed by atoms with Crippen molar-refractivity contribution in [2.75, 3.05) is 0 Å². The second-order valence-corrected chi connectivity index (χ2v) is 6.01. The van der Waals surface area contributed by atoms with E-state index in [1.807, 2.05) is 51.1 Å². The summed E-state index contributed by atoms with van der Waals surface area (Å²) in [5, 5.41) is 0. The van der Waals surface area contributed by atoms with Crippen LogP contribution in [0.3, 0.4) is 0 Å². The smallest absolute Gasteiger partial charge is 0.332 e. The highest BCUT2D eigenvalue weighted by molar-refractivity contribution is 5.87. The van der Waals surface area contributed by atoms with E-state index in [1.54, 1.807) is 0 Å². The Labute approximate surface area is 143 Å². The normalized spacial score (nSPS) is 11.7. The maximum atomic E-state index is 12.4. The van der Waals surface area contributed by atoms with Crippen molar-refractivity contribution in [1.29, 1.82) is 0 Å². The van der Waals surface area contributed by atoms with Crippen LogP contribution in [-0.2, 0) is 25.8 Å². The Hall–Kier alpha value is -2.37. The van der Waals surface area contributed by atoms with Crippen LogP contribution < -0.4 is 5.48 Å². The van der Waals surface area contributed by atoms with E-state index in [0.29, 0.717) is 13.0 Å². The Bertz CT molecular complexity index is 557. The summed E-state index contributed by atoms with van der Waals surface area (Å²) in [6.45, 7) is 7.28.